The first-order valence-electron chi connectivity index (χ1n) is 6.48. The van der Waals surface area contributed by atoms with Gasteiger partial charge in [0.25, 0.3) is 5.89 Å². The van der Waals surface area contributed by atoms with Gasteiger partial charge >= 0.3 is 0 Å². The predicted molar refractivity (Wildman–Crippen MR) is 68.8 cm³/mol. The summed E-state index contributed by atoms with van der Waals surface area (Å²) in [7, 11) is 0. The molecule has 1 heterocycles. The molecule has 0 amide bonds. The molecule has 0 spiro atoms. The summed E-state index contributed by atoms with van der Waals surface area (Å²) in [5, 5.41) is 3.96. The highest BCUT2D eigenvalue weighted by molar-refractivity contribution is 5.53. The van der Waals surface area contributed by atoms with Crippen LogP contribution in [0, 0.1) is 12.7 Å². The van der Waals surface area contributed by atoms with E-state index in [9.17, 15) is 4.39 Å². The fourth-order valence-electron chi connectivity index (χ4n) is 2.50. The standard InChI is InChI=1S/C14H16FN3O/c1-9-4-5-10(8-11(9)15)12-17-13(18-19-12)14(16)6-2-3-7-14/h4-5,8H,2-3,6-7,16H2,1H3. The number of hydrogen-bond acceptors (Lipinski definition) is 4. The lowest BCUT2D eigenvalue weighted by Gasteiger charge is -2.17. The van der Waals surface area contributed by atoms with Crippen LogP contribution in [0.15, 0.2) is 22.7 Å². The average molecular weight is 261 g/mol. The molecule has 4 nitrogen and oxygen atoms in total. The summed E-state index contributed by atoms with van der Waals surface area (Å²) in [4.78, 5) is 4.34. The molecule has 0 atom stereocenters. The van der Waals surface area contributed by atoms with Crippen LogP contribution in [0.2, 0.25) is 0 Å². The van der Waals surface area contributed by atoms with Crippen LogP contribution in [-0.4, -0.2) is 10.1 Å². The molecule has 1 aromatic heterocycles. The van der Waals surface area contributed by atoms with Crippen molar-refractivity contribution in [3.05, 3.63) is 35.4 Å². The molecule has 1 saturated carbocycles. The van der Waals surface area contributed by atoms with Crippen molar-refractivity contribution >= 4 is 0 Å². The van der Waals surface area contributed by atoms with Crippen molar-refractivity contribution in [1.29, 1.82) is 0 Å². The summed E-state index contributed by atoms with van der Waals surface area (Å²) in [6.45, 7) is 1.71. The Morgan fingerprint density at radius 3 is 2.74 bits per heavy atom. The highest BCUT2D eigenvalue weighted by Crippen LogP contribution is 2.35. The molecule has 2 N–H and O–H groups in total. The van der Waals surface area contributed by atoms with Crippen molar-refractivity contribution in [2.75, 3.05) is 0 Å². The van der Waals surface area contributed by atoms with E-state index < -0.39 is 5.54 Å². The second kappa shape index (κ2) is 4.42. The first-order valence-corrected chi connectivity index (χ1v) is 6.48. The zero-order valence-corrected chi connectivity index (χ0v) is 10.8. The van der Waals surface area contributed by atoms with Gasteiger partial charge in [0.05, 0.1) is 5.54 Å². The molecule has 0 aliphatic heterocycles. The third-order valence-electron chi connectivity index (χ3n) is 3.79. The molecule has 1 fully saturated rings. The first-order chi connectivity index (χ1) is 9.08. The van der Waals surface area contributed by atoms with Gasteiger partial charge in [0.2, 0.25) is 0 Å². The lowest BCUT2D eigenvalue weighted by Crippen LogP contribution is -2.34. The molecule has 0 bridgehead atoms. The Labute approximate surface area is 110 Å². The van der Waals surface area contributed by atoms with Crippen LogP contribution >= 0.6 is 0 Å². The topological polar surface area (TPSA) is 64.9 Å². The number of halogens is 1. The Morgan fingerprint density at radius 2 is 2.05 bits per heavy atom. The number of hydrogen-bond donors (Lipinski definition) is 1. The minimum Gasteiger partial charge on any atom is -0.334 e. The molecule has 0 radical (unpaired) electrons. The maximum atomic E-state index is 13.5. The summed E-state index contributed by atoms with van der Waals surface area (Å²) in [5.41, 5.74) is 6.96. The first kappa shape index (κ1) is 12.3. The Kier molecular flexibility index (Phi) is 2.86. The molecule has 19 heavy (non-hydrogen) atoms. The highest BCUT2D eigenvalue weighted by Gasteiger charge is 2.36. The fourth-order valence-corrected chi connectivity index (χ4v) is 2.50. The van der Waals surface area contributed by atoms with Crippen LogP contribution in [0.4, 0.5) is 4.39 Å². The zero-order valence-electron chi connectivity index (χ0n) is 10.8. The molecule has 100 valence electrons. The van der Waals surface area contributed by atoms with Gasteiger partial charge in [0.15, 0.2) is 5.82 Å². The normalized spacial score (nSPS) is 17.8. The van der Waals surface area contributed by atoms with Crippen LogP contribution < -0.4 is 5.73 Å². The van der Waals surface area contributed by atoms with E-state index in [0.29, 0.717) is 22.8 Å². The molecule has 0 saturated heterocycles. The molecule has 1 aliphatic rings. The molecule has 5 heteroatoms. The van der Waals surface area contributed by atoms with Crippen LogP contribution in [0.25, 0.3) is 11.5 Å². The molecule has 1 aromatic carbocycles. The van der Waals surface area contributed by atoms with Gasteiger partial charge in [-0.3, -0.25) is 0 Å². The summed E-state index contributed by atoms with van der Waals surface area (Å²) in [6, 6.07) is 4.88. The number of aromatic nitrogens is 2. The molecular formula is C14H16FN3O. The molecule has 0 unspecified atom stereocenters. The van der Waals surface area contributed by atoms with Crippen molar-refractivity contribution in [1.82, 2.24) is 10.1 Å². The molecular weight excluding hydrogens is 245 g/mol. The lowest BCUT2D eigenvalue weighted by molar-refractivity contribution is 0.372. The van der Waals surface area contributed by atoms with Gasteiger partial charge in [-0.05, 0) is 37.5 Å². The van der Waals surface area contributed by atoms with Gasteiger partial charge in [-0.1, -0.05) is 24.1 Å². The number of rotatable bonds is 2. The van der Waals surface area contributed by atoms with Crippen molar-refractivity contribution in [3.8, 4) is 11.5 Å². The number of benzene rings is 1. The third-order valence-corrected chi connectivity index (χ3v) is 3.79. The van der Waals surface area contributed by atoms with Crippen LogP contribution in [0.5, 0.6) is 0 Å². The second-order valence-electron chi connectivity index (χ2n) is 5.25. The van der Waals surface area contributed by atoms with Gasteiger partial charge < -0.3 is 10.3 Å². The van der Waals surface area contributed by atoms with Gasteiger partial charge in [-0.25, -0.2) is 4.39 Å². The highest BCUT2D eigenvalue weighted by atomic mass is 19.1. The maximum absolute atomic E-state index is 13.5. The van der Waals surface area contributed by atoms with Gasteiger partial charge in [0, 0.05) is 5.56 Å². The number of aryl methyl sites for hydroxylation is 1. The van der Waals surface area contributed by atoms with Crippen molar-refractivity contribution in [2.45, 2.75) is 38.1 Å². The summed E-state index contributed by atoms with van der Waals surface area (Å²) >= 11 is 0. The number of nitrogens with zero attached hydrogens (tertiary/aromatic N) is 2. The summed E-state index contributed by atoms with van der Waals surface area (Å²) in [5.74, 6) is 0.576. The van der Waals surface area contributed by atoms with E-state index in [0.717, 1.165) is 25.7 Å². The average Bonchev–Trinajstić information content (AvgIpc) is 3.02. The van der Waals surface area contributed by atoms with Gasteiger partial charge in [-0.2, -0.15) is 4.98 Å². The van der Waals surface area contributed by atoms with Crippen LogP contribution in [-0.2, 0) is 5.54 Å². The number of nitrogens with two attached hydrogens (primary N) is 1. The maximum Gasteiger partial charge on any atom is 0.258 e. The largest absolute Gasteiger partial charge is 0.334 e. The Morgan fingerprint density at radius 1 is 1.32 bits per heavy atom. The van der Waals surface area contributed by atoms with Gasteiger partial charge in [0.1, 0.15) is 5.82 Å². The smallest absolute Gasteiger partial charge is 0.258 e. The zero-order chi connectivity index (χ0) is 13.5. The molecule has 2 aromatic rings. The predicted octanol–water partition coefficient (Wildman–Crippen LogP) is 2.91. The van der Waals surface area contributed by atoms with Crippen LogP contribution in [0.3, 0.4) is 0 Å². The van der Waals surface area contributed by atoms with Crippen molar-refractivity contribution in [3.63, 3.8) is 0 Å². The fraction of sp³-hybridized carbons (Fsp3) is 0.429. The van der Waals surface area contributed by atoms with E-state index in [1.165, 1.54) is 6.07 Å². The van der Waals surface area contributed by atoms with E-state index in [1.54, 1.807) is 19.1 Å². The Hall–Kier alpha value is -1.75. The van der Waals surface area contributed by atoms with Crippen LogP contribution in [0.1, 0.15) is 37.1 Å². The van der Waals surface area contributed by atoms with E-state index in [4.69, 9.17) is 10.3 Å². The van der Waals surface area contributed by atoms with E-state index in [-0.39, 0.29) is 5.82 Å². The van der Waals surface area contributed by atoms with E-state index in [1.807, 2.05) is 0 Å². The summed E-state index contributed by atoms with van der Waals surface area (Å²) in [6.07, 6.45) is 3.90. The molecule has 3 rings (SSSR count). The SMILES string of the molecule is Cc1ccc(-c2nc(C3(N)CCCC3)no2)cc1F. The Bertz CT molecular complexity index is 602. The Balaban J connectivity index is 1.94. The third kappa shape index (κ3) is 2.14. The van der Waals surface area contributed by atoms with E-state index in [2.05, 4.69) is 10.1 Å². The quantitative estimate of drug-likeness (QED) is 0.902. The summed E-state index contributed by atoms with van der Waals surface area (Å²) < 4.78 is 18.7. The minimum atomic E-state index is -0.481. The van der Waals surface area contributed by atoms with Crippen molar-refractivity contribution < 1.29 is 8.91 Å². The molecule has 1 aliphatic carbocycles. The second-order valence-corrected chi connectivity index (χ2v) is 5.25. The minimum absolute atomic E-state index is 0.277. The monoisotopic (exact) mass is 261 g/mol. The lowest BCUT2D eigenvalue weighted by atomic mass is 9.99. The van der Waals surface area contributed by atoms with E-state index >= 15 is 0 Å². The van der Waals surface area contributed by atoms with Crippen molar-refractivity contribution in [2.24, 2.45) is 5.73 Å². The van der Waals surface area contributed by atoms with Gasteiger partial charge in [-0.15, -0.1) is 0 Å².